The van der Waals surface area contributed by atoms with Crippen molar-refractivity contribution in [3.63, 3.8) is 0 Å². The van der Waals surface area contributed by atoms with Crippen LogP contribution in [0.5, 0.6) is 0 Å². The van der Waals surface area contributed by atoms with E-state index in [4.69, 9.17) is 37.0 Å². The van der Waals surface area contributed by atoms with E-state index in [0.29, 0.717) is 31.6 Å². The number of carbonyl (C=O) groups is 4. The molecule has 0 aromatic heterocycles. The Balaban J connectivity index is 5.22. The third-order valence-electron chi connectivity index (χ3n) is 19.8. The van der Waals surface area contributed by atoms with E-state index in [2.05, 4.69) is 55.4 Å². The van der Waals surface area contributed by atoms with Gasteiger partial charge in [0.25, 0.3) is 0 Å². The number of rotatable bonds is 82. The molecule has 5 atom stereocenters. The van der Waals surface area contributed by atoms with Crippen LogP contribution in [0.15, 0.2) is 0 Å². The van der Waals surface area contributed by atoms with E-state index in [1.54, 1.807) is 0 Å². The highest BCUT2D eigenvalue weighted by molar-refractivity contribution is 7.47. The second-order valence-corrected chi connectivity index (χ2v) is 35.4. The molecule has 0 heterocycles. The Labute approximate surface area is 638 Å². The Morgan fingerprint density at radius 3 is 0.596 bits per heavy atom. The Kier molecular flexibility index (Phi) is 72.5. The summed E-state index contributed by atoms with van der Waals surface area (Å²) in [4.78, 5) is 73.1. The number of phosphoric acid groups is 2. The summed E-state index contributed by atoms with van der Waals surface area (Å²) in [5, 5.41) is 10.7. The summed E-state index contributed by atoms with van der Waals surface area (Å²) in [6.07, 6.45) is 62.7. The largest absolute Gasteiger partial charge is 0.472 e. The highest BCUT2D eigenvalue weighted by Crippen LogP contribution is 2.45. The van der Waals surface area contributed by atoms with Crippen molar-refractivity contribution in [3.05, 3.63) is 0 Å². The molecule has 618 valence electrons. The van der Waals surface area contributed by atoms with Crippen LogP contribution in [0, 0.1) is 23.7 Å². The lowest BCUT2D eigenvalue weighted by Gasteiger charge is -2.21. The minimum Gasteiger partial charge on any atom is -0.462 e. The smallest absolute Gasteiger partial charge is 0.462 e. The number of aliphatic hydroxyl groups is 1. The van der Waals surface area contributed by atoms with Gasteiger partial charge in [-0.1, -0.05) is 389 Å². The molecule has 0 fully saturated rings. The lowest BCUT2D eigenvalue weighted by atomic mass is 10.0. The Hall–Kier alpha value is -1.94. The molecule has 0 saturated carbocycles. The van der Waals surface area contributed by atoms with Gasteiger partial charge in [-0.2, -0.15) is 0 Å². The van der Waals surface area contributed by atoms with Crippen molar-refractivity contribution >= 4 is 39.5 Å². The number of carbonyl (C=O) groups excluding carboxylic acids is 4. The Morgan fingerprint density at radius 1 is 0.240 bits per heavy atom. The van der Waals surface area contributed by atoms with E-state index in [9.17, 15) is 43.2 Å². The van der Waals surface area contributed by atoms with Crippen molar-refractivity contribution in [2.75, 3.05) is 39.6 Å². The predicted molar refractivity (Wildman–Crippen MR) is 428 cm³/mol. The zero-order chi connectivity index (χ0) is 76.7. The molecule has 17 nitrogen and oxygen atoms in total. The lowest BCUT2D eigenvalue weighted by Crippen LogP contribution is -2.30. The molecule has 0 aliphatic carbocycles. The van der Waals surface area contributed by atoms with Gasteiger partial charge in [0.2, 0.25) is 0 Å². The third kappa shape index (κ3) is 78.2. The van der Waals surface area contributed by atoms with Crippen LogP contribution in [-0.2, 0) is 65.4 Å². The molecular formula is C85H166O17P2. The zero-order valence-corrected chi connectivity index (χ0v) is 70.5. The summed E-state index contributed by atoms with van der Waals surface area (Å²) in [5.74, 6) is 0.982. The van der Waals surface area contributed by atoms with Gasteiger partial charge in [0, 0.05) is 25.7 Å². The first-order valence-corrected chi connectivity index (χ1v) is 46.7. The number of hydrogen-bond donors (Lipinski definition) is 3. The monoisotopic (exact) mass is 1520 g/mol. The number of phosphoric ester groups is 2. The number of aliphatic hydroxyl groups excluding tert-OH is 1. The molecule has 0 aromatic rings. The third-order valence-corrected chi connectivity index (χ3v) is 21.7. The van der Waals surface area contributed by atoms with Crippen LogP contribution >= 0.6 is 15.6 Å². The highest BCUT2D eigenvalue weighted by atomic mass is 31.2. The van der Waals surface area contributed by atoms with Gasteiger partial charge in [0.05, 0.1) is 26.4 Å². The molecular weight excluding hydrogens is 1350 g/mol. The van der Waals surface area contributed by atoms with E-state index >= 15 is 0 Å². The maximum atomic E-state index is 13.1. The molecule has 3 N–H and O–H groups in total. The number of hydrogen-bond acceptors (Lipinski definition) is 15. The van der Waals surface area contributed by atoms with E-state index in [-0.39, 0.29) is 25.7 Å². The molecule has 0 bridgehead atoms. The Morgan fingerprint density at radius 2 is 0.404 bits per heavy atom. The first-order valence-electron chi connectivity index (χ1n) is 43.7. The molecule has 19 heteroatoms. The van der Waals surface area contributed by atoms with Gasteiger partial charge in [-0.3, -0.25) is 37.3 Å². The number of unbranched alkanes of at least 4 members (excludes halogenated alkanes) is 48. The summed E-state index contributed by atoms with van der Waals surface area (Å²) in [7, 11) is -9.93. The maximum Gasteiger partial charge on any atom is 0.472 e. The second-order valence-electron chi connectivity index (χ2n) is 32.5. The molecule has 104 heavy (non-hydrogen) atoms. The minimum absolute atomic E-state index is 0.106. The van der Waals surface area contributed by atoms with E-state index in [1.807, 2.05) is 0 Å². The van der Waals surface area contributed by atoms with Gasteiger partial charge in [-0.25, -0.2) is 9.13 Å². The number of esters is 4. The molecule has 0 amide bonds. The fraction of sp³-hybridized carbons (Fsp3) is 0.953. The summed E-state index contributed by atoms with van der Waals surface area (Å²) in [6.45, 7) is 14.3. The van der Waals surface area contributed by atoms with Crippen molar-refractivity contribution in [2.24, 2.45) is 23.7 Å². The first kappa shape index (κ1) is 102. The summed E-state index contributed by atoms with van der Waals surface area (Å²) in [6, 6.07) is 0. The predicted octanol–water partition coefficient (Wildman–Crippen LogP) is 25.6. The van der Waals surface area contributed by atoms with Crippen LogP contribution in [0.2, 0.25) is 0 Å². The van der Waals surface area contributed by atoms with E-state index in [1.165, 1.54) is 238 Å². The average Bonchev–Trinajstić information content (AvgIpc) is 0.923. The van der Waals surface area contributed by atoms with Crippen LogP contribution in [-0.4, -0.2) is 96.7 Å². The molecule has 0 aliphatic heterocycles. The van der Waals surface area contributed by atoms with Crippen LogP contribution in [0.1, 0.15) is 441 Å². The SMILES string of the molecule is CC(C)CCCCCCCCCCCCCCCCCCCCC(=O)O[C@H](COC(=O)CCCCCCCCCCCCCCCCCC(C)C)COP(=O)(O)OC[C@@H](O)COP(=O)(O)OC[C@@H](COC(=O)CCCCCCCCC(C)C)OC(=O)CCCCCCCCCCCCCCCC(C)C. The van der Waals surface area contributed by atoms with Gasteiger partial charge >= 0.3 is 39.5 Å². The van der Waals surface area contributed by atoms with Crippen LogP contribution in [0.3, 0.4) is 0 Å². The number of ether oxygens (including phenoxy) is 4. The average molecular weight is 1520 g/mol. The molecule has 0 spiro atoms. The second kappa shape index (κ2) is 73.8. The van der Waals surface area contributed by atoms with Crippen molar-refractivity contribution in [1.82, 2.24) is 0 Å². The molecule has 0 saturated heterocycles. The Bertz CT molecular complexity index is 2020. The lowest BCUT2D eigenvalue weighted by molar-refractivity contribution is -0.161. The molecule has 0 rings (SSSR count). The summed E-state index contributed by atoms with van der Waals surface area (Å²) >= 11 is 0. The molecule has 0 radical (unpaired) electrons. The minimum atomic E-state index is -4.97. The van der Waals surface area contributed by atoms with Crippen molar-refractivity contribution in [2.45, 2.75) is 459 Å². The fourth-order valence-corrected chi connectivity index (χ4v) is 14.7. The van der Waals surface area contributed by atoms with Crippen LogP contribution in [0.4, 0.5) is 0 Å². The quantitative estimate of drug-likeness (QED) is 0.0222. The fourth-order valence-electron chi connectivity index (χ4n) is 13.1. The topological polar surface area (TPSA) is 237 Å². The van der Waals surface area contributed by atoms with Crippen LogP contribution < -0.4 is 0 Å². The normalized spacial score (nSPS) is 14.0. The highest BCUT2D eigenvalue weighted by Gasteiger charge is 2.30. The standard InChI is InChI=1S/C85H166O17P2/c1-75(2)61-53-45-37-31-25-19-14-11-9-10-12-16-23-29-35-41-51-59-67-84(89)101-80(71-95-82(87)65-57-49-40-34-28-22-17-13-15-20-26-32-38-46-54-62-76(3)4)73-99-103(91,92)97-69-79(86)70-98-104(93,94)100-74-81(72-96-83(88)66-58-50-44-43-48-56-64-78(7)8)102-85(90)68-60-52-42-36-30-24-18-21-27-33-39-47-55-63-77(5)6/h75-81,86H,9-74H2,1-8H3,(H,91,92)(H,93,94)/t79-,80-,81-/m1/s1. The van der Waals surface area contributed by atoms with Gasteiger partial charge in [0.15, 0.2) is 12.2 Å². The van der Waals surface area contributed by atoms with Crippen molar-refractivity contribution < 1.29 is 80.2 Å². The zero-order valence-electron chi connectivity index (χ0n) is 68.7. The van der Waals surface area contributed by atoms with Gasteiger partial charge in [-0.15, -0.1) is 0 Å². The molecule has 2 unspecified atom stereocenters. The maximum absolute atomic E-state index is 13.1. The molecule has 0 aliphatic rings. The van der Waals surface area contributed by atoms with Crippen molar-refractivity contribution in [1.29, 1.82) is 0 Å². The van der Waals surface area contributed by atoms with Gasteiger partial charge < -0.3 is 33.8 Å². The summed E-state index contributed by atoms with van der Waals surface area (Å²) < 4.78 is 68.8. The van der Waals surface area contributed by atoms with E-state index in [0.717, 1.165) is 114 Å². The van der Waals surface area contributed by atoms with Crippen molar-refractivity contribution in [3.8, 4) is 0 Å². The van der Waals surface area contributed by atoms with Gasteiger partial charge in [0.1, 0.15) is 19.3 Å². The first-order chi connectivity index (χ1) is 50.1. The molecule has 0 aromatic carbocycles. The van der Waals surface area contributed by atoms with E-state index < -0.39 is 97.5 Å². The summed E-state index contributed by atoms with van der Waals surface area (Å²) in [5.41, 5.74) is 0. The van der Waals surface area contributed by atoms with Gasteiger partial charge in [-0.05, 0) is 49.4 Å². The van der Waals surface area contributed by atoms with Crippen LogP contribution in [0.25, 0.3) is 0 Å².